The number of hydrogen-bond donors (Lipinski definition) is 0. The summed E-state index contributed by atoms with van der Waals surface area (Å²) >= 11 is 0. The van der Waals surface area contributed by atoms with Crippen LogP contribution in [0.25, 0.3) is 0 Å². The van der Waals surface area contributed by atoms with Gasteiger partial charge in [0.2, 0.25) is 5.88 Å². The zero-order valence-electron chi connectivity index (χ0n) is 16.8. The largest absolute Gasteiger partial charge is 0.495 e. The van der Waals surface area contributed by atoms with E-state index in [4.69, 9.17) is 19.0 Å². The molecule has 0 N–H and O–H groups in total. The average molecular weight is 345 g/mol. The van der Waals surface area contributed by atoms with Crippen LogP contribution in [0, 0.1) is 0 Å². The zero-order valence-corrected chi connectivity index (χ0v) is 16.8. The van der Waals surface area contributed by atoms with Crippen molar-refractivity contribution in [1.29, 1.82) is 0 Å². The first kappa shape index (κ1) is 18.7. The molecule has 4 nitrogen and oxygen atoms in total. The van der Waals surface area contributed by atoms with Gasteiger partial charge in [-0.15, -0.1) is 0 Å². The Morgan fingerprint density at radius 2 is 1.60 bits per heavy atom. The molecule has 0 aromatic carbocycles. The van der Waals surface area contributed by atoms with Crippen molar-refractivity contribution in [1.82, 2.24) is 4.98 Å². The van der Waals surface area contributed by atoms with Gasteiger partial charge in [0.05, 0.1) is 11.2 Å². The monoisotopic (exact) mass is 345 g/mol. The Kier molecular flexibility index (Phi) is 4.70. The molecule has 2 aliphatic rings. The van der Waals surface area contributed by atoms with Crippen LogP contribution < -0.4 is 10.2 Å². The van der Waals surface area contributed by atoms with Crippen molar-refractivity contribution < 1.29 is 14.0 Å². The lowest BCUT2D eigenvalue weighted by Crippen LogP contribution is -2.41. The van der Waals surface area contributed by atoms with Gasteiger partial charge in [0, 0.05) is 17.7 Å². The standard InChI is InChI=1S/C20H32BNO3/c1-18(2,3)23-17-13-15(12-16(22-17)14-10-8-9-11-14)21-24-19(4,5)20(6,7)25-21/h12-14H,8-11H2,1-7H3. The van der Waals surface area contributed by atoms with E-state index in [1.54, 1.807) is 0 Å². The SMILES string of the molecule is CC(C)(C)Oc1cc(B2OC(C)(C)C(C)(C)O2)cc(C2CCCC2)n1. The Balaban J connectivity index is 1.95. The van der Waals surface area contributed by atoms with Gasteiger partial charge in [-0.05, 0) is 72.8 Å². The summed E-state index contributed by atoms with van der Waals surface area (Å²) in [4.78, 5) is 4.81. The summed E-state index contributed by atoms with van der Waals surface area (Å²) in [5.41, 5.74) is 1.15. The van der Waals surface area contributed by atoms with Gasteiger partial charge in [0.25, 0.3) is 0 Å². The highest BCUT2D eigenvalue weighted by Gasteiger charge is 2.52. The van der Waals surface area contributed by atoms with Gasteiger partial charge in [0.15, 0.2) is 0 Å². The Labute approximate surface area is 152 Å². The fourth-order valence-corrected chi connectivity index (χ4v) is 3.46. The van der Waals surface area contributed by atoms with E-state index in [-0.39, 0.29) is 23.9 Å². The van der Waals surface area contributed by atoms with Gasteiger partial charge in [0.1, 0.15) is 5.60 Å². The van der Waals surface area contributed by atoms with Gasteiger partial charge in [-0.2, -0.15) is 0 Å². The van der Waals surface area contributed by atoms with Crippen LogP contribution in [-0.2, 0) is 9.31 Å². The number of pyridine rings is 1. The van der Waals surface area contributed by atoms with Gasteiger partial charge in [-0.3, -0.25) is 0 Å². The molecule has 138 valence electrons. The van der Waals surface area contributed by atoms with E-state index in [2.05, 4.69) is 33.8 Å². The smallest absolute Gasteiger partial charge is 0.472 e. The van der Waals surface area contributed by atoms with Crippen LogP contribution in [0.4, 0.5) is 0 Å². The first-order valence-corrected chi connectivity index (χ1v) is 9.53. The van der Waals surface area contributed by atoms with Crippen molar-refractivity contribution in [2.24, 2.45) is 0 Å². The van der Waals surface area contributed by atoms with Crippen LogP contribution in [-0.4, -0.2) is 28.9 Å². The van der Waals surface area contributed by atoms with Gasteiger partial charge >= 0.3 is 7.12 Å². The molecule has 25 heavy (non-hydrogen) atoms. The lowest BCUT2D eigenvalue weighted by atomic mass is 9.78. The number of nitrogens with zero attached hydrogens (tertiary/aromatic N) is 1. The molecule has 2 fully saturated rings. The minimum atomic E-state index is -0.379. The molecule has 0 bridgehead atoms. The minimum absolute atomic E-state index is 0.283. The minimum Gasteiger partial charge on any atom is -0.472 e. The second kappa shape index (κ2) is 6.28. The van der Waals surface area contributed by atoms with Crippen molar-refractivity contribution in [2.45, 2.75) is 96.9 Å². The molecule has 2 heterocycles. The predicted molar refractivity (Wildman–Crippen MR) is 102 cm³/mol. The average Bonchev–Trinajstić information content (AvgIpc) is 3.04. The number of rotatable bonds is 3. The van der Waals surface area contributed by atoms with Crippen LogP contribution in [0.5, 0.6) is 5.88 Å². The molecule has 0 spiro atoms. The van der Waals surface area contributed by atoms with E-state index in [0.29, 0.717) is 11.8 Å². The molecule has 1 aliphatic carbocycles. The number of hydrogen-bond acceptors (Lipinski definition) is 4. The van der Waals surface area contributed by atoms with Crippen LogP contribution in [0.3, 0.4) is 0 Å². The first-order valence-electron chi connectivity index (χ1n) is 9.53. The normalized spacial score (nSPS) is 23.2. The second-order valence-electron chi connectivity index (χ2n) is 9.45. The predicted octanol–water partition coefficient (Wildman–Crippen LogP) is 4.22. The molecule has 1 saturated carbocycles. The second-order valence-corrected chi connectivity index (χ2v) is 9.45. The lowest BCUT2D eigenvalue weighted by molar-refractivity contribution is 0.00578. The highest BCUT2D eigenvalue weighted by molar-refractivity contribution is 6.62. The zero-order chi connectivity index (χ0) is 18.5. The molecule has 1 aliphatic heterocycles. The van der Waals surface area contributed by atoms with E-state index in [1.165, 1.54) is 25.7 Å². The topological polar surface area (TPSA) is 40.6 Å². The summed E-state index contributed by atoms with van der Waals surface area (Å²) in [7, 11) is -0.379. The molecule has 1 saturated heterocycles. The van der Waals surface area contributed by atoms with E-state index >= 15 is 0 Å². The van der Waals surface area contributed by atoms with Gasteiger partial charge < -0.3 is 14.0 Å². The highest BCUT2D eigenvalue weighted by atomic mass is 16.7. The molecular weight excluding hydrogens is 313 g/mol. The summed E-state index contributed by atoms with van der Waals surface area (Å²) in [5, 5.41) is 0. The maximum absolute atomic E-state index is 6.25. The van der Waals surface area contributed by atoms with E-state index in [1.807, 2.05) is 26.8 Å². The molecule has 0 atom stereocenters. The third kappa shape index (κ3) is 4.03. The summed E-state index contributed by atoms with van der Waals surface area (Å²) in [6, 6.07) is 4.14. The van der Waals surface area contributed by atoms with Gasteiger partial charge in [-0.25, -0.2) is 4.98 Å². The molecule has 0 amide bonds. The summed E-state index contributed by atoms with van der Waals surface area (Å²) < 4.78 is 18.6. The van der Waals surface area contributed by atoms with Crippen molar-refractivity contribution in [3.63, 3.8) is 0 Å². The Morgan fingerprint density at radius 1 is 1.04 bits per heavy atom. The van der Waals surface area contributed by atoms with Crippen molar-refractivity contribution >= 4 is 12.6 Å². The number of ether oxygens (including phenoxy) is 1. The molecular formula is C20H32BNO3. The molecule has 0 radical (unpaired) electrons. The maximum Gasteiger partial charge on any atom is 0.495 e. The molecule has 1 aromatic heterocycles. The van der Waals surface area contributed by atoms with E-state index < -0.39 is 0 Å². The summed E-state index contributed by atoms with van der Waals surface area (Å²) in [6.07, 6.45) is 4.97. The van der Waals surface area contributed by atoms with E-state index in [9.17, 15) is 0 Å². The Morgan fingerprint density at radius 3 is 2.12 bits per heavy atom. The Bertz CT molecular complexity index is 614. The van der Waals surface area contributed by atoms with Crippen molar-refractivity contribution in [3.8, 4) is 5.88 Å². The fourth-order valence-electron chi connectivity index (χ4n) is 3.46. The summed E-state index contributed by atoms with van der Waals surface area (Å²) in [6.45, 7) is 14.5. The van der Waals surface area contributed by atoms with Crippen LogP contribution >= 0.6 is 0 Å². The summed E-state index contributed by atoms with van der Waals surface area (Å²) in [5.74, 6) is 1.19. The van der Waals surface area contributed by atoms with E-state index in [0.717, 1.165) is 11.2 Å². The maximum atomic E-state index is 6.25. The first-order chi connectivity index (χ1) is 11.5. The number of aromatic nitrogens is 1. The van der Waals surface area contributed by atoms with Crippen molar-refractivity contribution in [2.75, 3.05) is 0 Å². The highest BCUT2D eigenvalue weighted by Crippen LogP contribution is 2.38. The van der Waals surface area contributed by atoms with Gasteiger partial charge in [-0.1, -0.05) is 12.8 Å². The molecule has 1 aromatic rings. The fraction of sp³-hybridized carbons (Fsp3) is 0.750. The lowest BCUT2D eigenvalue weighted by Gasteiger charge is -2.32. The molecule has 5 heteroatoms. The molecule has 0 unspecified atom stereocenters. The Hall–Kier alpha value is -1.07. The van der Waals surface area contributed by atoms with Crippen LogP contribution in [0.1, 0.15) is 85.8 Å². The van der Waals surface area contributed by atoms with Crippen LogP contribution in [0.2, 0.25) is 0 Å². The molecule has 3 rings (SSSR count). The van der Waals surface area contributed by atoms with Crippen molar-refractivity contribution in [3.05, 3.63) is 17.8 Å². The van der Waals surface area contributed by atoms with Crippen LogP contribution in [0.15, 0.2) is 12.1 Å². The third-order valence-corrected chi connectivity index (χ3v) is 5.55. The third-order valence-electron chi connectivity index (χ3n) is 5.55. The quantitative estimate of drug-likeness (QED) is 0.770.